The van der Waals surface area contributed by atoms with Crippen molar-refractivity contribution in [1.29, 1.82) is 0 Å². The summed E-state index contributed by atoms with van der Waals surface area (Å²) < 4.78 is 5.28. The number of fused-ring (bicyclic) bond motifs is 1. The van der Waals surface area contributed by atoms with Crippen LogP contribution >= 0.6 is 0 Å². The van der Waals surface area contributed by atoms with Gasteiger partial charge >= 0.3 is 0 Å². The quantitative estimate of drug-likeness (QED) is 0.757. The predicted molar refractivity (Wildman–Crippen MR) is 56.1 cm³/mol. The van der Waals surface area contributed by atoms with Crippen LogP contribution in [0.5, 0.6) is 0 Å². The van der Waals surface area contributed by atoms with Gasteiger partial charge in [-0.15, -0.1) is 0 Å². The first kappa shape index (κ1) is 9.57. The topological polar surface area (TPSA) is 49.8 Å². The molecule has 4 heteroatoms. The maximum atomic E-state index is 11.6. The van der Waals surface area contributed by atoms with Crippen LogP contribution in [0.1, 0.15) is 11.6 Å². The molecule has 0 unspecified atom stereocenters. The predicted octanol–water partition coefficient (Wildman–Crippen LogP) is 0.802. The van der Waals surface area contributed by atoms with Crippen molar-refractivity contribution < 1.29 is 14.6 Å². The number of amides is 1. The number of ether oxygens (including phenoxy) is 1. The molecule has 0 radical (unpaired) electrons. The lowest BCUT2D eigenvalue weighted by molar-refractivity contribution is -0.201. The lowest BCUT2D eigenvalue weighted by atomic mass is 10.1. The van der Waals surface area contributed by atoms with Gasteiger partial charge in [-0.05, 0) is 5.56 Å². The van der Waals surface area contributed by atoms with E-state index >= 15 is 0 Å². The average Bonchev–Trinajstić information content (AvgIpc) is 2.78. The highest BCUT2D eigenvalue weighted by Crippen LogP contribution is 2.39. The number of hydrogen-bond donors (Lipinski definition) is 1. The molecule has 0 spiro atoms. The van der Waals surface area contributed by atoms with Gasteiger partial charge in [0.25, 0.3) is 11.8 Å². The molecule has 2 aliphatic heterocycles. The van der Waals surface area contributed by atoms with Gasteiger partial charge in [-0.25, -0.2) is 0 Å². The first-order valence-corrected chi connectivity index (χ1v) is 5.14. The molecule has 2 heterocycles. The summed E-state index contributed by atoms with van der Waals surface area (Å²) in [5.41, 5.74) is 0.968. The van der Waals surface area contributed by atoms with E-state index in [1.807, 2.05) is 30.3 Å². The summed E-state index contributed by atoms with van der Waals surface area (Å²) in [6.07, 6.45) is 2.73. The van der Waals surface area contributed by atoms with Gasteiger partial charge in [-0.2, -0.15) is 0 Å². The largest absolute Gasteiger partial charge is 0.345 e. The highest BCUT2D eigenvalue weighted by Gasteiger charge is 2.50. The van der Waals surface area contributed by atoms with Crippen LogP contribution in [0, 0.1) is 0 Å². The first-order chi connectivity index (χ1) is 7.71. The van der Waals surface area contributed by atoms with Crippen molar-refractivity contribution in [3.63, 3.8) is 0 Å². The summed E-state index contributed by atoms with van der Waals surface area (Å²) in [4.78, 5) is 13.0. The molecule has 0 saturated carbocycles. The van der Waals surface area contributed by atoms with Crippen LogP contribution in [-0.2, 0) is 9.53 Å². The van der Waals surface area contributed by atoms with Gasteiger partial charge in [0.15, 0.2) is 0 Å². The third-order valence-corrected chi connectivity index (χ3v) is 2.98. The Balaban J connectivity index is 1.98. The Bertz CT molecular complexity index is 457. The third kappa shape index (κ3) is 1.20. The Morgan fingerprint density at radius 2 is 2.12 bits per heavy atom. The van der Waals surface area contributed by atoms with Crippen LogP contribution in [0.15, 0.2) is 42.5 Å². The molecule has 82 valence electrons. The van der Waals surface area contributed by atoms with E-state index in [4.69, 9.17) is 4.74 Å². The second-order valence-corrected chi connectivity index (χ2v) is 3.94. The van der Waals surface area contributed by atoms with Gasteiger partial charge in [0.1, 0.15) is 0 Å². The van der Waals surface area contributed by atoms with Crippen LogP contribution in [-0.4, -0.2) is 28.4 Å². The van der Waals surface area contributed by atoms with Crippen LogP contribution in [0.2, 0.25) is 0 Å². The average molecular weight is 217 g/mol. The van der Waals surface area contributed by atoms with E-state index in [1.165, 1.54) is 17.1 Å². The lowest BCUT2D eigenvalue weighted by Gasteiger charge is -2.27. The molecule has 1 saturated heterocycles. The Labute approximate surface area is 92.7 Å². The van der Waals surface area contributed by atoms with Crippen LogP contribution in [0.25, 0.3) is 0 Å². The molecule has 16 heavy (non-hydrogen) atoms. The van der Waals surface area contributed by atoms with E-state index in [0.29, 0.717) is 6.61 Å². The smallest absolute Gasteiger partial charge is 0.274 e. The van der Waals surface area contributed by atoms with Crippen LogP contribution in [0.3, 0.4) is 0 Å². The summed E-state index contributed by atoms with van der Waals surface area (Å²) in [5, 5.41) is 10.0. The standard InChI is InChI=1S/C12H11NO3/c14-11-6-7-12(15)13(11)10(8-16-12)9-4-2-1-3-5-9/h1-7,10,15H,8H2/t10-,12-/m1/s1. The molecule has 0 aromatic heterocycles. The van der Waals surface area contributed by atoms with Crippen molar-refractivity contribution >= 4 is 5.91 Å². The maximum Gasteiger partial charge on any atom is 0.274 e. The molecule has 0 bridgehead atoms. The fourth-order valence-corrected chi connectivity index (χ4v) is 2.19. The number of carbonyl (C=O) groups is 1. The summed E-state index contributed by atoms with van der Waals surface area (Å²) in [7, 11) is 0. The Kier molecular flexibility index (Phi) is 1.89. The molecule has 1 amide bonds. The number of benzene rings is 1. The summed E-state index contributed by atoms with van der Waals surface area (Å²) in [5.74, 6) is -1.76. The number of carbonyl (C=O) groups excluding carboxylic acids is 1. The molecule has 0 aliphatic carbocycles. The van der Waals surface area contributed by atoms with E-state index in [-0.39, 0.29) is 11.9 Å². The lowest BCUT2D eigenvalue weighted by Crippen LogP contribution is -2.42. The Morgan fingerprint density at radius 3 is 2.88 bits per heavy atom. The highest BCUT2D eigenvalue weighted by atomic mass is 16.7. The van der Waals surface area contributed by atoms with E-state index in [2.05, 4.69) is 0 Å². The summed E-state index contributed by atoms with van der Waals surface area (Å²) in [6.45, 7) is 0.316. The zero-order valence-electron chi connectivity index (χ0n) is 8.54. The Hall–Kier alpha value is -1.65. The monoisotopic (exact) mass is 217 g/mol. The van der Waals surface area contributed by atoms with Gasteiger partial charge in [-0.1, -0.05) is 30.3 Å². The zero-order chi connectivity index (χ0) is 11.2. The van der Waals surface area contributed by atoms with Crippen molar-refractivity contribution in [3.05, 3.63) is 48.0 Å². The SMILES string of the molecule is O=C1C=C[C@@]2(O)OC[C@H](c3ccccc3)N12. The number of aliphatic hydroxyl groups is 1. The minimum atomic E-state index is -1.54. The van der Waals surface area contributed by atoms with Gasteiger partial charge in [0, 0.05) is 12.2 Å². The van der Waals surface area contributed by atoms with Gasteiger partial charge in [0.2, 0.25) is 0 Å². The Morgan fingerprint density at radius 1 is 1.38 bits per heavy atom. The third-order valence-electron chi connectivity index (χ3n) is 2.98. The second kappa shape index (κ2) is 3.17. The molecule has 2 aliphatic rings. The molecule has 2 atom stereocenters. The summed E-state index contributed by atoms with van der Waals surface area (Å²) >= 11 is 0. The van der Waals surface area contributed by atoms with Gasteiger partial charge in [-0.3, -0.25) is 9.69 Å². The van der Waals surface area contributed by atoms with Crippen molar-refractivity contribution in [2.75, 3.05) is 6.61 Å². The van der Waals surface area contributed by atoms with Gasteiger partial charge in [0.05, 0.1) is 12.6 Å². The molecule has 1 fully saturated rings. The first-order valence-electron chi connectivity index (χ1n) is 5.14. The minimum Gasteiger partial charge on any atom is -0.345 e. The molecular weight excluding hydrogens is 206 g/mol. The van der Waals surface area contributed by atoms with Crippen molar-refractivity contribution in [2.24, 2.45) is 0 Å². The van der Waals surface area contributed by atoms with E-state index in [9.17, 15) is 9.90 Å². The number of hydrogen-bond acceptors (Lipinski definition) is 3. The molecule has 1 aromatic rings. The summed E-state index contributed by atoms with van der Waals surface area (Å²) in [6, 6.07) is 9.35. The van der Waals surface area contributed by atoms with Gasteiger partial charge < -0.3 is 9.84 Å². The molecule has 4 nitrogen and oxygen atoms in total. The highest BCUT2D eigenvalue weighted by molar-refractivity contribution is 5.91. The van der Waals surface area contributed by atoms with E-state index < -0.39 is 5.91 Å². The van der Waals surface area contributed by atoms with Crippen LogP contribution < -0.4 is 0 Å². The second-order valence-electron chi connectivity index (χ2n) is 3.94. The van der Waals surface area contributed by atoms with E-state index in [1.54, 1.807) is 0 Å². The van der Waals surface area contributed by atoms with Crippen molar-refractivity contribution in [2.45, 2.75) is 12.0 Å². The molecular formula is C12H11NO3. The fraction of sp³-hybridized carbons (Fsp3) is 0.250. The maximum absolute atomic E-state index is 11.6. The number of rotatable bonds is 1. The molecule has 1 N–H and O–H groups in total. The van der Waals surface area contributed by atoms with Crippen molar-refractivity contribution in [1.82, 2.24) is 4.90 Å². The van der Waals surface area contributed by atoms with E-state index in [0.717, 1.165) is 5.56 Å². The number of nitrogens with zero attached hydrogens (tertiary/aromatic N) is 1. The molecule has 1 aromatic carbocycles. The van der Waals surface area contributed by atoms with Crippen LogP contribution in [0.4, 0.5) is 0 Å². The van der Waals surface area contributed by atoms with Crippen molar-refractivity contribution in [3.8, 4) is 0 Å². The molecule has 3 rings (SSSR count). The zero-order valence-corrected chi connectivity index (χ0v) is 8.54. The minimum absolute atomic E-state index is 0.214. The fourth-order valence-electron chi connectivity index (χ4n) is 2.19. The normalized spacial score (nSPS) is 32.2.